The van der Waals surface area contributed by atoms with Gasteiger partial charge in [0.1, 0.15) is 0 Å². The summed E-state index contributed by atoms with van der Waals surface area (Å²) < 4.78 is 0. The minimum Gasteiger partial charge on any atom is -0.393 e. The van der Waals surface area contributed by atoms with Crippen LogP contribution in [0, 0.1) is 5.92 Å². The summed E-state index contributed by atoms with van der Waals surface area (Å²) in [5, 5.41) is 22.0. The summed E-state index contributed by atoms with van der Waals surface area (Å²) in [5.41, 5.74) is 2.41. The van der Waals surface area contributed by atoms with E-state index >= 15 is 0 Å². The molecule has 0 radical (unpaired) electrons. The molecule has 3 N–H and O–H groups in total. The molecule has 1 fully saturated rings. The maximum absolute atomic E-state index is 11.4. The van der Waals surface area contributed by atoms with Crippen molar-refractivity contribution >= 4 is 17.3 Å². The molecular weight excluding hydrogens is 256 g/mol. The summed E-state index contributed by atoms with van der Waals surface area (Å²) in [4.78, 5) is 13.7. The Morgan fingerprint density at radius 2 is 2.05 bits per heavy atom. The Morgan fingerprint density at radius 3 is 2.70 bits per heavy atom. The first kappa shape index (κ1) is 13.4. The summed E-state index contributed by atoms with van der Waals surface area (Å²) in [6.45, 7) is 3.67. The molecule has 2 atom stereocenters. The smallest absolute Gasteiger partial charge is 0.257 e. The predicted molar refractivity (Wildman–Crippen MR) is 76.6 cm³/mol. The molecule has 2 aliphatic heterocycles. The monoisotopic (exact) mass is 276 g/mol. The fraction of sp³-hybridized carbons (Fsp3) is 0.533. The Kier molecular flexibility index (Phi) is 3.40. The van der Waals surface area contributed by atoms with Gasteiger partial charge in [-0.05, 0) is 37.8 Å². The summed E-state index contributed by atoms with van der Waals surface area (Å²) in [7, 11) is 0. The van der Waals surface area contributed by atoms with Gasteiger partial charge >= 0.3 is 0 Å². The lowest BCUT2D eigenvalue weighted by atomic mass is 9.92. The lowest BCUT2D eigenvalue weighted by molar-refractivity contribution is -0.123. The Bertz CT molecular complexity index is 522. The Balaban J connectivity index is 1.74. The number of anilines is 2. The van der Waals surface area contributed by atoms with Crippen LogP contribution < -0.4 is 10.2 Å². The van der Waals surface area contributed by atoms with Crippen molar-refractivity contribution in [1.29, 1.82) is 0 Å². The number of fused-ring (bicyclic) bond motifs is 1. The van der Waals surface area contributed by atoms with Gasteiger partial charge in [0, 0.05) is 30.0 Å². The minimum atomic E-state index is -1.04. The molecular formula is C15H20N2O3. The van der Waals surface area contributed by atoms with Gasteiger partial charge in [0.2, 0.25) is 0 Å². The van der Waals surface area contributed by atoms with E-state index in [1.54, 1.807) is 0 Å². The predicted octanol–water partition coefficient (Wildman–Crippen LogP) is 1.27. The highest BCUT2D eigenvalue weighted by Gasteiger charge is 2.29. The number of benzene rings is 1. The number of amides is 1. The first-order chi connectivity index (χ1) is 9.56. The zero-order valence-corrected chi connectivity index (χ0v) is 11.5. The maximum atomic E-state index is 11.4. The van der Waals surface area contributed by atoms with Crippen LogP contribution in [0.2, 0.25) is 0 Å². The van der Waals surface area contributed by atoms with Gasteiger partial charge in [0.25, 0.3) is 5.91 Å². The molecule has 0 saturated carbocycles. The summed E-state index contributed by atoms with van der Waals surface area (Å²) in [6, 6.07) is 5.69. The van der Waals surface area contributed by atoms with E-state index in [0.717, 1.165) is 31.6 Å². The van der Waals surface area contributed by atoms with Gasteiger partial charge in [0.05, 0.1) is 6.10 Å². The zero-order valence-electron chi connectivity index (χ0n) is 11.5. The second-order valence-electron chi connectivity index (χ2n) is 5.73. The fourth-order valence-corrected chi connectivity index (χ4v) is 3.07. The average molecular weight is 276 g/mol. The van der Waals surface area contributed by atoms with E-state index < -0.39 is 6.10 Å². The minimum absolute atomic E-state index is 0.244. The third-order valence-electron chi connectivity index (χ3n) is 4.42. The number of carbonyl (C=O) groups is 1. The van der Waals surface area contributed by atoms with Crippen LogP contribution in [0.3, 0.4) is 0 Å². The fourth-order valence-electron chi connectivity index (χ4n) is 3.07. The van der Waals surface area contributed by atoms with Crippen LogP contribution in [0.25, 0.3) is 0 Å². The second kappa shape index (κ2) is 5.07. The highest BCUT2D eigenvalue weighted by molar-refractivity contribution is 6.02. The largest absolute Gasteiger partial charge is 0.393 e. The van der Waals surface area contributed by atoms with Crippen LogP contribution >= 0.6 is 0 Å². The van der Waals surface area contributed by atoms with Gasteiger partial charge in [-0.3, -0.25) is 4.79 Å². The number of hydrogen-bond donors (Lipinski definition) is 3. The number of aliphatic hydroxyl groups excluding tert-OH is 2. The quantitative estimate of drug-likeness (QED) is 0.760. The average Bonchev–Trinajstić information content (AvgIpc) is 2.74. The van der Waals surface area contributed by atoms with E-state index in [-0.39, 0.29) is 12.0 Å². The van der Waals surface area contributed by atoms with E-state index in [0.29, 0.717) is 17.2 Å². The van der Waals surface area contributed by atoms with Crippen LogP contribution in [-0.4, -0.2) is 35.3 Å². The Labute approximate surface area is 118 Å². The van der Waals surface area contributed by atoms with E-state index in [4.69, 9.17) is 0 Å². The van der Waals surface area contributed by atoms with Crippen molar-refractivity contribution in [3.63, 3.8) is 0 Å². The van der Waals surface area contributed by atoms with Gasteiger partial charge < -0.3 is 20.4 Å². The highest BCUT2D eigenvalue weighted by atomic mass is 16.3. The Hall–Kier alpha value is -1.59. The number of aliphatic hydroxyl groups is 2. The number of nitrogens with zero attached hydrogens (tertiary/aromatic N) is 1. The maximum Gasteiger partial charge on any atom is 0.257 e. The lowest BCUT2D eigenvalue weighted by Gasteiger charge is -2.35. The molecule has 2 heterocycles. The van der Waals surface area contributed by atoms with Gasteiger partial charge in [-0.15, -0.1) is 0 Å². The first-order valence-corrected chi connectivity index (χ1v) is 7.12. The summed E-state index contributed by atoms with van der Waals surface area (Å²) in [5.74, 6) is 0.0205. The van der Waals surface area contributed by atoms with Crippen LogP contribution in [0.1, 0.15) is 31.4 Å². The third kappa shape index (κ3) is 2.27. The van der Waals surface area contributed by atoms with Gasteiger partial charge in [-0.1, -0.05) is 6.07 Å². The lowest BCUT2D eigenvalue weighted by Crippen LogP contribution is -2.37. The number of carbonyl (C=O) groups excluding carboxylic acids is 1. The second-order valence-corrected chi connectivity index (χ2v) is 5.73. The van der Waals surface area contributed by atoms with Crippen LogP contribution in [0.5, 0.6) is 0 Å². The number of nitrogens with one attached hydrogen (secondary N) is 1. The van der Waals surface area contributed by atoms with Gasteiger partial charge in [0.15, 0.2) is 6.10 Å². The van der Waals surface area contributed by atoms with E-state index in [9.17, 15) is 15.0 Å². The van der Waals surface area contributed by atoms with Crippen molar-refractivity contribution in [1.82, 2.24) is 0 Å². The standard InChI is InChI=1S/C15H20N2O3/c1-9(18)10-4-6-17(7-5-10)11-2-3-12-13(8-11)16-15(20)14(12)19/h2-3,8-10,14,18-19H,4-7H2,1H3,(H,16,20). The highest BCUT2D eigenvalue weighted by Crippen LogP contribution is 2.35. The van der Waals surface area contributed by atoms with Crippen molar-refractivity contribution < 1.29 is 15.0 Å². The third-order valence-corrected chi connectivity index (χ3v) is 4.42. The summed E-state index contributed by atoms with van der Waals surface area (Å²) >= 11 is 0. The molecule has 108 valence electrons. The van der Waals surface area contributed by atoms with Gasteiger partial charge in [-0.25, -0.2) is 0 Å². The first-order valence-electron chi connectivity index (χ1n) is 7.12. The molecule has 1 aromatic rings. The van der Waals surface area contributed by atoms with Crippen molar-refractivity contribution in [2.45, 2.75) is 32.0 Å². The van der Waals surface area contributed by atoms with E-state index in [1.807, 2.05) is 25.1 Å². The molecule has 1 aromatic carbocycles. The summed E-state index contributed by atoms with van der Waals surface area (Å²) in [6.07, 6.45) is 0.666. The normalized spacial score (nSPS) is 24.4. The molecule has 0 aromatic heterocycles. The number of rotatable bonds is 2. The molecule has 5 heteroatoms. The molecule has 1 amide bonds. The molecule has 2 unspecified atom stereocenters. The molecule has 2 aliphatic rings. The molecule has 0 aliphatic carbocycles. The van der Waals surface area contributed by atoms with Crippen molar-refractivity contribution in [2.75, 3.05) is 23.3 Å². The van der Waals surface area contributed by atoms with Crippen molar-refractivity contribution in [3.8, 4) is 0 Å². The zero-order chi connectivity index (χ0) is 14.3. The molecule has 1 saturated heterocycles. The van der Waals surface area contributed by atoms with E-state index in [1.165, 1.54) is 0 Å². The SMILES string of the molecule is CC(O)C1CCN(c2ccc3c(c2)NC(=O)C3O)CC1. The number of piperidine rings is 1. The van der Waals surface area contributed by atoms with Crippen LogP contribution in [-0.2, 0) is 4.79 Å². The van der Waals surface area contributed by atoms with Crippen LogP contribution in [0.15, 0.2) is 18.2 Å². The molecule has 0 bridgehead atoms. The Morgan fingerprint density at radius 1 is 1.35 bits per heavy atom. The molecule has 5 nitrogen and oxygen atoms in total. The molecule has 20 heavy (non-hydrogen) atoms. The van der Waals surface area contributed by atoms with Crippen LogP contribution in [0.4, 0.5) is 11.4 Å². The topological polar surface area (TPSA) is 72.8 Å². The van der Waals surface area contributed by atoms with Gasteiger partial charge in [-0.2, -0.15) is 0 Å². The van der Waals surface area contributed by atoms with Crippen molar-refractivity contribution in [2.24, 2.45) is 5.92 Å². The molecule has 0 spiro atoms. The number of hydrogen-bond acceptors (Lipinski definition) is 4. The van der Waals surface area contributed by atoms with E-state index in [2.05, 4.69) is 10.2 Å². The van der Waals surface area contributed by atoms with Crippen molar-refractivity contribution in [3.05, 3.63) is 23.8 Å². The molecule has 3 rings (SSSR count).